The number of benzene rings is 3. The standard InChI is InChI=1S/C21H16AsCl2N3O3S/c23-18-10-5-11-19(20(18)24)26-21(28)27(17-9-4-8-16(12-17)13-25)22-31(29,30)14-15-6-2-1-3-7-15/h1-12,22H,14H2,(H,26,28). The quantitative estimate of drug-likeness (QED) is 0.459. The number of anilines is 2. The second-order valence-corrected chi connectivity index (χ2v) is 14.9. The average Bonchev–Trinajstić information content (AvgIpc) is 2.75. The molecule has 0 saturated carbocycles. The third kappa shape index (κ3) is 6.25. The number of carbonyl (C=O) groups is 1. The van der Waals surface area contributed by atoms with Gasteiger partial charge in [-0.15, -0.1) is 0 Å². The first-order valence-corrected chi connectivity index (χ1v) is 14.8. The summed E-state index contributed by atoms with van der Waals surface area (Å²) in [7, 11) is -3.61. The van der Waals surface area contributed by atoms with Crippen LogP contribution in [0, 0.1) is 11.3 Å². The Morgan fingerprint density at radius 2 is 1.74 bits per heavy atom. The SMILES string of the molecule is N#Cc1cccc(N([AsH]S(=O)(=O)Cc2ccccc2)C(=O)Nc2cccc(Cl)c2Cl)c1. The molecule has 0 fully saturated rings. The molecule has 0 aliphatic rings. The van der Waals surface area contributed by atoms with E-state index in [0.29, 0.717) is 16.8 Å². The average molecular weight is 536 g/mol. The number of halogens is 2. The topological polar surface area (TPSA) is 90.3 Å². The molecule has 0 radical (unpaired) electrons. The minimum absolute atomic E-state index is 0.149. The monoisotopic (exact) mass is 535 g/mol. The zero-order chi connectivity index (χ0) is 22.4. The van der Waals surface area contributed by atoms with E-state index in [-0.39, 0.29) is 21.5 Å². The summed E-state index contributed by atoms with van der Waals surface area (Å²) >= 11 is 10.1. The minimum atomic E-state index is -3.61. The summed E-state index contributed by atoms with van der Waals surface area (Å²) in [6.45, 7) is 0. The van der Waals surface area contributed by atoms with E-state index in [9.17, 15) is 18.5 Å². The molecule has 158 valence electrons. The van der Waals surface area contributed by atoms with Crippen molar-refractivity contribution in [2.45, 2.75) is 5.75 Å². The van der Waals surface area contributed by atoms with Crippen molar-refractivity contribution in [2.24, 2.45) is 0 Å². The van der Waals surface area contributed by atoms with Crippen molar-refractivity contribution in [3.8, 4) is 6.07 Å². The first-order valence-electron chi connectivity index (χ1n) is 8.88. The Labute approximate surface area is 196 Å². The van der Waals surface area contributed by atoms with Crippen molar-refractivity contribution >= 4 is 63.5 Å². The molecular formula is C21H16AsCl2N3O3S. The summed E-state index contributed by atoms with van der Waals surface area (Å²) in [6.07, 6.45) is 0. The predicted octanol–water partition coefficient (Wildman–Crippen LogP) is 4.79. The number of amides is 2. The van der Waals surface area contributed by atoms with Crippen LogP contribution in [0.2, 0.25) is 10.0 Å². The first kappa shape index (κ1) is 23.2. The van der Waals surface area contributed by atoms with Crippen LogP contribution in [-0.4, -0.2) is 29.3 Å². The zero-order valence-corrected chi connectivity index (χ0v) is 20.3. The summed E-state index contributed by atoms with van der Waals surface area (Å²) in [5.74, 6) is -0.187. The van der Waals surface area contributed by atoms with Gasteiger partial charge in [0, 0.05) is 0 Å². The van der Waals surface area contributed by atoms with Crippen LogP contribution in [0.25, 0.3) is 0 Å². The van der Waals surface area contributed by atoms with Gasteiger partial charge in [-0.2, -0.15) is 0 Å². The summed E-state index contributed by atoms with van der Waals surface area (Å²) < 4.78 is 27.1. The Balaban J connectivity index is 1.93. The number of nitriles is 1. The van der Waals surface area contributed by atoms with Crippen molar-refractivity contribution in [2.75, 3.05) is 9.13 Å². The fraction of sp³-hybridized carbons (Fsp3) is 0.0476. The summed E-state index contributed by atoms with van der Waals surface area (Å²) in [5, 5.41) is 12.2. The number of nitrogens with zero attached hydrogens (tertiary/aromatic N) is 2. The number of carbonyl (C=O) groups excluding carboxylic acids is 1. The van der Waals surface area contributed by atoms with E-state index in [4.69, 9.17) is 23.2 Å². The molecule has 2 amide bonds. The van der Waals surface area contributed by atoms with E-state index >= 15 is 0 Å². The molecule has 3 aromatic rings. The van der Waals surface area contributed by atoms with Crippen LogP contribution in [0.4, 0.5) is 16.2 Å². The van der Waals surface area contributed by atoms with Gasteiger partial charge in [0.2, 0.25) is 0 Å². The van der Waals surface area contributed by atoms with Gasteiger partial charge in [0.15, 0.2) is 0 Å². The Morgan fingerprint density at radius 1 is 1.03 bits per heavy atom. The van der Waals surface area contributed by atoms with Gasteiger partial charge in [-0.3, -0.25) is 0 Å². The van der Waals surface area contributed by atoms with E-state index in [0.717, 1.165) is 0 Å². The number of rotatable bonds is 6. The maximum absolute atomic E-state index is 13.1. The fourth-order valence-electron chi connectivity index (χ4n) is 2.66. The molecule has 1 unspecified atom stereocenters. The van der Waals surface area contributed by atoms with Crippen LogP contribution in [0.5, 0.6) is 0 Å². The number of hydrogen-bond acceptors (Lipinski definition) is 4. The molecule has 1 N–H and O–H groups in total. The molecule has 0 aromatic heterocycles. The molecule has 0 heterocycles. The molecule has 0 aliphatic carbocycles. The first-order chi connectivity index (χ1) is 14.8. The van der Waals surface area contributed by atoms with Gasteiger partial charge in [0.05, 0.1) is 0 Å². The molecule has 0 spiro atoms. The molecule has 3 aromatic carbocycles. The summed E-state index contributed by atoms with van der Waals surface area (Å²) in [6, 6.07) is 21.1. The third-order valence-electron chi connectivity index (χ3n) is 4.06. The zero-order valence-electron chi connectivity index (χ0n) is 15.9. The maximum atomic E-state index is 13.1. The Kier molecular flexibility index (Phi) is 7.63. The van der Waals surface area contributed by atoms with Crippen molar-refractivity contribution in [1.82, 2.24) is 0 Å². The van der Waals surface area contributed by atoms with Gasteiger partial charge >= 0.3 is 197 Å². The van der Waals surface area contributed by atoms with Gasteiger partial charge in [-0.1, -0.05) is 0 Å². The van der Waals surface area contributed by atoms with E-state index in [1.165, 1.54) is 9.88 Å². The summed E-state index contributed by atoms with van der Waals surface area (Å²) in [4.78, 5) is 13.1. The number of nitrogens with one attached hydrogen (secondary N) is 1. The van der Waals surface area contributed by atoms with Gasteiger partial charge in [-0.05, 0) is 0 Å². The van der Waals surface area contributed by atoms with Gasteiger partial charge in [-0.25, -0.2) is 0 Å². The van der Waals surface area contributed by atoms with E-state index in [2.05, 4.69) is 5.32 Å². The molecule has 6 nitrogen and oxygen atoms in total. The van der Waals surface area contributed by atoms with Crippen LogP contribution < -0.4 is 9.13 Å². The molecule has 3 rings (SSSR count). The van der Waals surface area contributed by atoms with Gasteiger partial charge < -0.3 is 0 Å². The third-order valence-corrected chi connectivity index (χ3v) is 10.8. The number of hydrogen-bond donors (Lipinski definition) is 1. The second-order valence-electron chi connectivity index (χ2n) is 6.37. The molecule has 1 atom stereocenters. The van der Waals surface area contributed by atoms with Crippen molar-refractivity contribution in [3.63, 3.8) is 0 Å². The van der Waals surface area contributed by atoms with Gasteiger partial charge in [0.25, 0.3) is 0 Å². The molecule has 31 heavy (non-hydrogen) atoms. The van der Waals surface area contributed by atoms with Gasteiger partial charge in [0.1, 0.15) is 0 Å². The number of urea groups is 1. The van der Waals surface area contributed by atoms with Crippen molar-refractivity contribution in [3.05, 3.63) is 94.0 Å². The van der Waals surface area contributed by atoms with E-state index in [1.807, 2.05) is 6.07 Å². The van der Waals surface area contributed by atoms with Crippen LogP contribution in [-0.2, 0) is 13.9 Å². The van der Waals surface area contributed by atoms with Crippen LogP contribution in [0.1, 0.15) is 11.1 Å². The molecule has 0 aliphatic heterocycles. The molecule has 0 bridgehead atoms. The molecular weight excluding hydrogens is 520 g/mol. The van der Waals surface area contributed by atoms with Crippen LogP contribution in [0.3, 0.4) is 0 Å². The van der Waals surface area contributed by atoms with Crippen LogP contribution >= 0.6 is 23.2 Å². The van der Waals surface area contributed by atoms with Crippen molar-refractivity contribution in [1.29, 1.82) is 5.26 Å². The fourth-order valence-corrected chi connectivity index (χ4v) is 8.97. The molecule has 10 heteroatoms. The van der Waals surface area contributed by atoms with Crippen LogP contribution in [0.15, 0.2) is 72.8 Å². The normalized spacial score (nSPS) is 11.3. The Bertz CT molecular complexity index is 1250. The molecule has 0 saturated heterocycles. The van der Waals surface area contributed by atoms with E-state index < -0.39 is 29.0 Å². The van der Waals surface area contributed by atoms with Crippen molar-refractivity contribution < 1.29 is 13.2 Å². The van der Waals surface area contributed by atoms with E-state index in [1.54, 1.807) is 66.7 Å². The predicted molar refractivity (Wildman–Crippen MR) is 125 cm³/mol. The second kappa shape index (κ2) is 10.2. The Morgan fingerprint density at radius 3 is 2.45 bits per heavy atom. The Hall–Kier alpha value is -2.49. The summed E-state index contributed by atoms with van der Waals surface area (Å²) in [5.41, 5.74) is 1.51.